The lowest BCUT2D eigenvalue weighted by Gasteiger charge is -2.15. The van der Waals surface area contributed by atoms with Gasteiger partial charge in [-0.15, -0.1) is 10.2 Å². The van der Waals surface area contributed by atoms with Gasteiger partial charge in [0.05, 0.1) is 10.5 Å². The zero-order valence-corrected chi connectivity index (χ0v) is 9.46. The molecule has 0 unspecified atom stereocenters. The van der Waals surface area contributed by atoms with Crippen molar-refractivity contribution in [3.8, 4) is 0 Å². The Morgan fingerprint density at radius 3 is 2.65 bits per heavy atom. The zero-order valence-electron chi connectivity index (χ0n) is 8.70. The predicted octanol–water partition coefficient (Wildman–Crippen LogP) is 2.76. The molecule has 0 amide bonds. The largest absolute Gasteiger partial charge is 0.396 e. The third kappa shape index (κ3) is 2.21. The van der Waals surface area contributed by atoms with E-state index in [1.54, 1.807) is 24.3 Å². The fourth-order valence-corrected chi connectivity index (χ4v) is 1.85. The van der Waals surface area contributed by atoms with Gasteiger partial charge in [-0.25, -0.2) is 0 Å². The molecule has 0 aliphatic carbocycles. The normalized spacial score (nSPS) is 12.0. The lowest BCUT2D eigenvalue weighted by atomic mass is 10.1. The second-order valence-electron chi connectivity index (χ2n) is 3.56. The maximum Gasteiger partial charge on any atom is 0.295 e. The molecule has 3 nitrogen and oxygen atoms in total. The van der Waals surface area contributed by atoms with Crippen LogP contribution in [0, 0.1) is 0 Å². The summed E-state index contributed by atoms with van der Waals surface area (Å²) < 4.78 is 27.2. The molecule has 6 heteroatoms. The molecule has 0 saturated carbocycles. The van der Waals surface area contributed by atoms with Crippen molar-refractivity contribution in [2.75, 3.05) is 6.61 Å². The van der Waals surface area contributed by atoms with Crippen molar-refractivity contribution >= 4 is 22.5 Å². The van der Waals surface area contributed by atoms with Gasteiger partial charge in [-0.05, 0) is 6.07 Å². The first-order valence-corrected chi connectivity index (χ1v) is 5.34. The predicted molar refractivity (Wildman–Crippen MR) is 60.1 cm³/mol. The summed E-state index contributed by atoms with van der Waals surface area (Å²) in [6, 6.07) is 6.65. The van der Waals surface area contributed by atoms with Gasteiger partial charge in [0.15, 0.2) is 5.69 Å². The highest BCUT2D eigenvalue weighted by Gasteiger charge is 2.36. The lowest BCUT2D eigenvalue weighted by Crippen LogP contribution is -2.18. The Kier molecular flexibility index (Phi) is 3.22. The van der Waals surface area contributed by atoms with E-state index in [1.807, 2.05) is 0 Å². The smallest absolute Gasteiger partial charge is 0.295 e. The number of hydrogen-bond acceptors (Lipinski definition) is 3. The second kappa shape index (κ2) is 4.50. The number of hydrogen-bond donors (Lipinski definition) is 1. The number of alkyl halides is 2. The molecule has 1 aromatic carbocycles. The third-order valence-corrected chi connectivity index (χ3v) is 2.76. The molecular formula is C11H9ClF2N2O. The Bertz CT molecular complexity index is 548. The average molecular weight is 259 g/mol. The highest BCUT2D eigenvalue weighted by Crippen LogP contribution is 2.36. The monoisotopic (exact) mass is 258 g/mol. The Balaban J connectivity index is 2.60. The van der Waals surface area contributed by atoms with Crippen LogP contribution in [0.4, 0.5) is 8.78 Å². The van der Waals surface area contributed by atoms with Gasteiger partial charge in [0, 0.05) is 18.4 Å². The van der Waals surface area contributed by atoms with Crippen LogP contribution in [0.2, 0.25) is 5.02 Å². The van der Waals surface area contributed by atoms with E-state index in [2.05, 4.69) is 10.2 Å². The van der Waals surface area contributed by atoms with E-state index in [0.29, 0.717) is 10.9 Å². The van der Waals surface area contributed by atoms with Crippen LogP contribution in [0.3, 0.4) is 0 Å². The molecular weight excluding hydrogens is 250 g/mol. The van der Waals surface area contributed by atoms with Crippen LogP contribution in [-0.2, 0) is 5.92 Å². The minimum absolute atomic E-state index is 0.117. The molecule has 0 aliphatic rings. The highest BCUT2D eigenvalue weighted by molar-refractivity contribution is 6.35. The van der Waals surface area contributed by atoms with E-state index in [4.69, 9.17) is 16.7 Å². The summed E-state index contributed by atoms with van der Waals surface area (Å²) in [5, 5.41) is 16.1. The average Bonchev–Trinajstić information content (AvgIpc) is 2.29. The van der Waals surface area contributed by atoms with Crippen molar-refractivity contribution in [2.45, 2.75) is 12.3 Å². The van der Waals surface area contributed by atoms with Crippen LogP contribution < -0.4 is 0 Å². The standard InChI is InChI=1S/C11H9ClF2N2O/c12-9-7-3-1-2-4-8(7)15-16-10(9)11(13,14)5-6-17/h1-4,17H,5-6H2. The molecule has 2 aromatic rings. The van der Waals surface area contributed by atoms with Gasteiger partial charge in [-0.1, -0.05) is 29.8 Å². The molecule has 0 radical (unpaired) electrons. The van der Waals surface area contributed by atoms with Gasteiger partial charge in [-0.2, -0.15) is 8.78 Å². The number of nitrogens with zero attached hydrogens (tertiary/aromatic N) is 2. The molecule has 0 spiro atoms. The molecule has 1 heterocycles. The molecule has 0 aliphatic heterocycles. The van der Waals surface area contributed by atoms with Gasteiger partial charge in [0.1, 0.15) is 0 Å². The van der Waals surface area contributed by atoms with E-state index < -0.39 is 24.6 Å². The Morgan fingerprint density at radius 1 is 1.24 bits per heavy atom. The summed E-state index contributed by atoms with van der Waals surface area (Å²) >= 11 is 5.90. The molecule has 17 heavy (non-hydrogen) atoms. The Morgan fingerprint density at radius 2 is 1.94 bits per heavy atom. The highest BCUT2D eigenvalue weighted by atomic mass is 35.5. The number of benzene rings is 1. The second-order valence-corrected chi connectivity index (χ2v) is 3.94. The molecule has 0 atom stereocenters. The number of aliphatic hydroxyl groups is 1. The van der Waals surface area contributed by atoms with Crippen molar-refractivity contribution in [2.24, 2.45) is 0 Å². The minimum Gasteiger partial charge on any atom is -0.396 e. The van der Waals surface area contributed by atoms with Crippen LogP contribution in [0.15, 0.2) is 24.3 Å². The minimum atomic E-state index is -3.27. The number of aliphatic hydroxyl groups excluding tert-OH is 1. The van der Waals surface area contributed by atoms with Crippen LogP contribution in [-0.4, -0.2) is 21.9 Å². The van der Waals surface area contributed by atoms with Crippen LogP contribution >= 0.6 is 11.6 Å². The maximum atomic E-state index is 13.6. The third-order valence-electron chi connectivity index (χ3n) is 2.38. The molecule has 90 valence electrons. The molecule has 2 rings (SSSR count). The topological polar surface area (TPSA) is 46.0 Å². The van der Waals surface area contributed by atoms with Crippen molar-refractivity contribution in [3.05, 3.63) is 35.0 Å². The molecule has 1 N–H and O–H groups in total. The fraction of sp³-hybridized carbons (Fsp3) is 0.273. The maximum absolute atomic E-state index is 13.6. The summed E-state index contributed by atoms with van der Waals surface area (Å²) in [5.41, 5.74) is -0.132. The Labute approximate surface area is 101 Å². The number of rotatable bonds is 3. The molecule has 0 fully saturated rings. The van der Waals surface area contributed by atoms with Crippen molar-refractivity contribution < 1.29 is 13.9 Å². The quantitative estimate of drug-likeness (QED) is 0.921. The van der Waals surface area contributed by atoms with Crippen LogP contribution in [0.25, 0.3) is 10.9 Å². The fourth-order valence-electron chi connectivity index (χ4n) is 1.51. The lowest BCUT2D eigenvalue weighted by molar-refractivity contribution is -0.0314. The van der Waals surface area contributed by atoms with Gasteiger partial charge in [0.25, 0.3) is 5.92 Å². The van der Waals surface area contributed by atoms with Gasteiger partial charge in [0.2, 0.25) is 0 Å². The summed E-state index contributed by atoms with van der Waals surface area (Å²) in [6.45, 7) is -0.641. The van der Waals surface area contributed by atoms with E-state index in [-0.39, 0.29) is 5.02 Å². The zero-order chi connectivity index (χ0) is 12.5. The van der Waals surface area contributed by atoms with E-state index in [9.17, 15) is 8.78 Å². The van der Waals surface area contributed by atoms with Crippen molar-refractivity contribution in [1.82, 2.24) is 10.2 Å². The van der Waals surface area contributed by atoms with E-state index in [1.165, 1.54) is 0 Å². The van der Waals surface area contributed by atoms with Gasteiger partial charge >= 0.3 is 0 Å². The van der Waals surface area contributed by atoms with Gasteiger partial charge < -0.3 is 5.11 Å². The van der Waals surface area contributed by atoms with Crippen molar-refractivity contribution in [3.63, 3.8) is 0 Å². The van der Waals surface area contributed by atoms with E-state index in [0.717, 1.165) is 0 Å². The number of halogens is 3. The van der Waals surface area contributed by atoms with Crippen molar-refractivity contribution in [1.29, 1.82) is 0 Å². The number of fused-ring (bicyclic) bond motifs is 1. The first kappa shape index (κ1) is 12.1. The SMILES string of the molecule is OCCC(F)(F)c1nnc2ccccc2c1Cl. The Hall–Kier alpha value is -1.33. The first-order valence-electron chi connectivity index (χ1n) is 4.96. The molecule has 0 saturated heterocycles. The summed E-state index contributed by atoms with van der Waals surface area (Å²) in [5.74, 6) is -3.27. The van der Waals surface area contributed by atoms with Crippen LogP contribution in [0.5, 0.6) is 0 Å². The first-order chi connectivity index (χ1) is 8.06. The summed E-state index contributed by atoms with van der Waals surface area (Å²) in [7, 11) is 0. The van der Waals surface area contributed by atoms with Gasteiger partial charge in [-0.3, -0.25) is 0 Å². The number of aromatic nitrogens is 2. The van der Waals surface area contributed by atoms with E-state index >= 15 is 0 Å². The summed E-state index contributed by atoms with van der Waals surface area (Å²) in [6.07, 6.45) is -0.722. The molecule has 0 bridgehead atoms. The summed E-state index contributed by atoms with van der Waals surface area (Å²) in [4.78, 5) is 0. The van der Waals surface area contributed by atoms with Crippen LogP contribution in [0.1, 0.15) is 12.1 Å². The molecule has 1 aromatic heterocycles.